The zero-order valence-electron chi connectivity index (χ0n) is 11.5. The molecule has 2 rings (SSSR count). The molecule has 1 aromatic carbocycles. The van der Waals surface area contributed by atoms with Gasteiger partial charge < -0.3 is 10.5 Å². The van der Waals surface area contributed by atoms with E-state index < -0.39 is 0 Å². The summed E-state index contributed by atoms with van der Waals surface area (Å²) >= 11 is 0. The normalized spacial score (nSPS) is 11.9. The molecule has 0 amide bonds. The SMILES string of the molecule is COC(=O)Cc1ccc(CC(N)c2cccnc2)cc1. The topological polar surface area (TPSA) is 65.2 Å². The van der Waals surface area contributed by atoms with Crippen LogP contribution in [0, 0.1) is 0 Å². The van der Waals surface area contributed by atoms with Crippen LogP contribution in [0.4, 0.5) is 0 Å². The Morgan fingerprint density at radius 2 is 1.95 bits per heavy atom. The molecule has 0 fully saturated rings. The number of hydrogen-bond acceptors (Lipinski definition) is 4. The Morgan fingerprint density at radius 3 is 2.55 bits per heavy atom. The predicted octanol–water partition coefficient (Wildman–Crippen LogP) is 2.04. The minimum atomic E-state index is -0.232. The molecule has 0 saturated carbocycles. The Hall–Kier alpha value is -2.20. The number of methoxy groups -OCH3 is 1. The molecular weight excluding hydrogens is 252 g/mol. The van der Waals surface area contributed by atoms with Crippen LogP contribution in [-0.4, -0.2) is 18.1 Å². The second-order valence-corrected chi connectivity index (χ2v) is 4.67. The molecule has 0 radical (unpaired) electrons. The molecule has 4 nitrogen and oxygen atoms in total. The van der Waals surface area contributed by atoms with E-state index >= 15 is 0 Å². The van der Waals surface area contributed by atoms with E-state index in [4.69, 9.17) is 5.73 Å². The smallest absolute Gasteiger partial charge is 0.309 e. The average molecular weight is 270 g/mol. The molecule has 2 N–H and O–H groups in total. The third-order valence-corrected chi connectivity index (χ3v) is 3.17. The number of nitrogens with zero attached hydrogens (tertiary/aromatic N) is 1. The molecule has 0 aliphatic carbocycles. The lowest BCUT2D eigenvalue weighted by molar-refractivity contribution is -0.139. The van der Waals surface area contributed by atoms with Crippen LogP contribution < -0.4 is 5.73 Å². The van der Waals surface area contributed by atoms with E-state index in [9.17, 15) is 4.79 Å². The van der Waals surface area contributed by atoms with Crippen molar-refractivity contribution in [3.8, 4) is 0 Å². The van der Waals surface area contributed by atoms with Gasteiger partial charge in [0.05, 0.1) is 13.5 Å². The lowest BCUT2D eigenvalue weighted by Gasteiger charge is -2.12. The number of rotatable bonds is 5. The summed E-state index contributed by atoms with van der Waals surface area (Å²) in [6.45, 7) is 0. The third-order valence-electron chi connectivity index (χ3n) is 3.17. The van der Waals surface area contributed by atoms with E-state index in [1.54, 1.807) is 12.4 Å². The molecule has 2 aromatic rings. The first kappa shape index (κ1) is 14.2. The van der Waals surface area contributed by atoms with Crippen LogP contribution in [0.15, 0.2) is 48.8 Å². The van der Waals surface area contributed by atoms with E-state index in [-0.39, 0.29) is 12.0 Å². The Balaban J connectivity index is 1.98. The van der Waals surface area contributed by atoms with Crippen LogP contribution in [0.1, 0.15) is 22.7 Å². The maximum absolute atomic E-state index is 11.2. The highest BCUT2D eigenvalue weighted by molar-refractivity contribution is 5.72. The van der Waals surface area contributed by atoms with Gasteiger partial charge in [-0.3, -0.25) is 9.78 Å². The Bertz CT molecular complexity index is 552. The third kappa shape index (κ3) is 3.90. The van der Waals surface area contributed by atoms with E-state index in [1.165, 1.54) is 7.11 Å². The molecule has 1 aromatic heterocycles. The van der Waals surface area contributed by atoms with E-state index in [0.29, 0.717) is 6.42 Å². The Labute approximate surface area is 118 Å². The van der Waals surface area contributed by atoms with Crippen molar-refractivity contribution in [3.05, 3.63) is 65.5 Å². The quantitative estimate of drug-likeness (QED) is 0.844. The molecule has 1 unspecified atom stereocenters. The lowest BCUT2D eigenvalue weighted by Crippen LogP contribution is -2.13. The van der Waals surface area contributed by atoms with Crippen molar-refractivity contribution in [2.75, 3.05) is 7.11 Å². The summed E-state index contributed by atoms with van der Waals surface area (Å²) in [5.74, 6) is -0.232. The van der Waals surface area contributed by atoms with Gasteiger partial charge in [0.2, 0.25) is 0 Å². The maximum Gasteiger partial charge on any atom is 0.309 e. The Morgan fingerprint density at radius 1 is 1.25 bits per heavy atom. The second-order valence-electron chi connectivity index (χ2n) is 4.67. The summed E-state index contributed by atoms with van der Waals surface area (Å²) in [6, 6.07) is 11.6. The summed E-state index contributed by atoms with van der Waals surface area (Å²) in [6.07, 6.45) is 4.56. The number of aromatic nitrogens is 1. The number of carbonyl (C=O) groups is 1. The predicted molar refractivity (Wildman–Crippen MR) is 77.0 cm³/mol. The van der Waals surface area contributed by atoms with Crippen LogP contribution in [0.3, 0.4) is 0 Å². The van der Waals surface area contributed by atoms with Crippen LogP contribution in [0.25, 0.3) is 0 Å². The largest absolute Gasteiger partial charge is 0.469 e. The minimum Gasteiger partial charge on any atom is -0.469 e. The summed E-state index contributed by atoms with van der Waals surface area (Å²) in [5, 5.41) is 0. The van der Waals surface area contributed by atoms with Crippen molar-refractivity contribution < 1.29 is 9.53 Å². The van der Waals surface area contributed by atoms with Gasteiger partial charge in [-0.25, -0.2) is 0 Å². The van der Waals surface area contributed by atoms with Crippen molar-refractivity contribution >= 4 is 5.97 Å². The highest BCUT2D eigenvalue weighted by Crippen LogP contribution is 2.15. The van der Waals surface area contributed by atoms with E-state index in [0.717, 1.165) is 23.1 Å². The average Bonchev–Trinajstić information content (AvgIpc) is 2.50. The fourth-order valence-electron chi connectivity index (χ4n) is 2.00. The second kappa shape index (κ2) is 6.82. The van der Waals surface area contributed by atoms with E-state index in [2.05, 4.69) is 9.72 Å². The van der Waals surface area contributed by atoms with Crippen molar-refractivity contribution in [1.82, 2.24) is 4.98 Å². The molecule has 1 atom stereocenters. The number of nitrogens with two attached hydrogens (primary N) is 1. The summed E-state index contributed by atoms with van der Waals surface area (Å²) in [4.78, 5) is 15.3. The molecule has 0 saturated heterocycles. The molecule has 0 aliphatic rings. The van der Waals surface area contributed by atoms with Gasteiger partial charge in [0, 0.05) is 18.4 Å². The van der Waals surface area contributed by atoms with Crippen LogP contribution in [0.5, 0.6) is 0 Å². The monoisotopic (exact) mass is 270 g/mol. The van der Waals surface area contributed by atoms with Gasteiger partial charge in [-0.15, -0.1) is 0 Å². The summed E-state index contributed by atoms with van der Waals surface area (Å²) in [5.41, 5.74) is 9.25. The number of ether oxygens (including phenoxy) is 1. The number of carbonyl (C=O) groups excluding carboxylic acids is 1. The number of benzene rings is 1. The summed E-state index contributed by atoms with van der Waals surface area (Å²) in [7, 11) is 1.39. The van der Waals surface area contributed by atoms with E-state index in [1.807, 2.05) is 36.4 Å². The van der Waals surface area contributed by atoms with Crippen LogP contribution in [0.2, 0.25) is 0 Å². The first-order valence-electron chi connectivity index (χ1n) is 6.49. The van der Waals surface area contributed by atoms with Crippen molar-refractivity contribution in [2.45, 2.75) is 18.9 Å². The number of pyridine rings is 1. The minimum absolute atomic E-state index is 0.0739. The molecule has 0 spiro atoms. The van der Waals surface area contributed by atoms with Gasteiger partial charge in [0.1, 0.15) is 0 Å². The highest BCUT2D eigenvalue weighted by Gasteiger charge is 2.08. The summed E-state index contributed by atoms with van der Waals surface area (Å²) < 4.78 is 4.64. The maximum atomic E-state index is 11.2. The molecular formula is C16H18N2O2. The van der Waals surface area contributed by atoms with Gasteiger partial charge in [-0.2, -0.15) is 0 Å². The number of hydrogen-bond donors (Lipinski definition) is 1. The standard InChI is InChI=1S/C16H18N2O2/c1-20-16(19)10-13-6-4-12(5-7-13)9-15(17)14-3-2-8-18-11-14/h2-8,11,15H,9-10,17H2,1H3. The Kier molecular flexibility index (Phi) is 4.85. The molecule has 1 heterocycles. The zero-order valence-corrected chi connectivity index (χ0v) is 11.5. The van der Waals surface area contributed by atoms with Crippen molar-refractivity contribution in [3.63, 3.8) is 0 Å². The number of esters is 1. The highest BCUT2D eigenvalue weighted by atomic mass is 16.5. The molecule has 0 bridgehead atoms. The van der Waals surface area contributed by atoms with Gasteiger partial charge >= 0.3 is 5.97 Å². The van der Waals surface area contributed by atoms with Crippen LogP contribution >= 0.6 is 0 Å². The van der Waals surface area contributed by atoms with Gasteiger partial charge in [0.15, 0.2) is 0 Å². The fraction of sp³-hybridized carbons (Fsp3) is 0.250. The first-order chi connectivity index (χ1) is 9.69. The molecule has 20 heavy (non-hydrogen) atoms. The molecule has 0 aliphatic heterocycles. The first-order valence-corrected chi connectivity index (χ1v) is 6.49. The molecule has 4 heteroatoms. The van der Waals surface area contributed by atoms with Gasteiger partial charge in [-0.05, 0) is 29.2 Å². The zero-order chi connectivity index (χ0) is 14.4. The van der Waals surface area contributed by atoms with Gasteiger partial charge in [-0.1, -0.05) is 30.3 Å². The lowest BCUT2D eigenvalue weighted by atomic mass is 10.00. The van der Waals surface area contributed by atoms with Crippen molar-refractivity contribution in [1.29, 1.82) is 0 Å². The molecule has 104 valence electrons. The van der Waals surface area contributed by atoms with Gasteiger partial charge in [0.25, 0.3) is 0 Å². The van der Waals surface area contributed by atoms with Crippen LogP contribution in [-0.2, 0) is 22.4 Å². The van der Waals surface area contributed by atoms with Crippen molar-refractivity contribution in [2.24, 2.45) is 5.73 Å². The fourth-order valence-corrected chi connectivity index (χ4v) is 2.00.